The second-order valence-corrected chi connectivity index (χ2v) is 6.59. The second-order valence-electron chi connectivity index (χ2n) is 5.80. The number of anilines is 1. The third-order valence-corrected chi connectivity index (χ3v) is 4.60. The Morgan fingerprint density at radius 1 is 1.31 bits per heavy atom. The molecule has 0 bridgehead atoms. The Balaban J connectivity index is 1.72. The predicted octanol–water partition coefficient (Wildman–Crippen LogP) is 4.44. The highest BCUT2D eigenvalue weighted by atomic mass is 79.9. The van der Waals surface area contributed by atoms with Crippen molar-refractivity contribution >= 4 is 49.5 Å². The van der Waals surface area contributed by atoms with Gasteiger partial charge in [0.25, 0.3) is 5.91 Å². The van der Waals surface area contributed by atoms with E-state index < -0.39 is 0 Å². The van der Waals surface area contributed by atoms with Gasteiger partial charge in [-0.2, -0.15) is 0 Å². The van der Waals surface area contributed by atoms with E-state index in [0.717, 1.165) is 22.1 Å². The van der Waals surface area contributed by atoms with E-state index in [4.69, 9.17) is 9.15 Å². The number of benzene rings is 1. The lowest BCUT2D eigenvalue weighted by molar-refractivity contribution is 0.101. The number of halogens is 1. The summed E-state index contributed by atoms with van der Waals surface area (Å²) in [6.07, 6.45) is 1.73. The molecular formula is C19H16BrN3O3. The van der Waals surface area contributed by atoms with Crippen molar-refractivity contribution in [3.05, 3.63) is 59.0 Å². The molecule has 0 saturated heterocycles. The molecule has 0 aliphatic rings. The van der Waals surface area contributed by atoms with Gasteiger partial charge < -0.3 is 19.0 Å². The Bertz CT molecular complexity index is 1090. The Labute approximate surface area is 157 Å². The quantitative estimate of drug-likeness (QED) is 0.524. The number of nitrogens with one attached hydrogen (secondary N) is 1. The van der Waals surface area contributed by atoms with Crippen LogP contribution >= 0.6 is 15.9 Å². The summed E-state index contributed by atoms with van der Waals surface area (Å²) in [6, 6.07) is 13.0. The van der Waals surface area contributed by atoms with Crippen LogP contribution in [-0.4, -0.2) is 29.2 Å². The van der Waals surface area contributed by atoms with E-state index >= 15 is 0 Å². The summed E-state index contributed by atoms with van der Waals surface area (Å²) in [4.78, 5) is 17.3. The van der Waals surface area contributed by atoms with Crippen molar-refractivity contribution in [2.24, 2.45) is 0 Å². The zero-order valence-electron chi connectivity index (χ0n) is 14.0. The number of hydrogen-bond donors (Lipinski definition) is 1. The summed E-state index contributed by atoms with van der Waals surface area (Å²) in [5.74, 6) is -0.208. The van der Waals surface area contributed by atoms with Crippen molar-refractivity contribution in [3.63, 3.8) is 0 Å². The van der Waals surface area contributed by atoms with Crippen LogP contribution in [0.4, 0.5) is 5.69 Å². The van der Waals surface area contributed by atoms with Crippen molar-refractivity contribution in [1.82, 2.24) is 9.55 Å². The first-order valence-electron chi connectivity index (χ1n) is 8.10. The van der Waals surface area contributed by atoms with Gasteiger partial charge in [-0.25, -0.2) is 0 Å². The first-order chi connectivity index (χ1) is 12.7. The Kier molecular flexibility index (Phi) is 4.48. The number of furan rings is 1. The molecular weight excluding hydrogens is 398 g/mol. The summed E-state index contributed by atoms with van der Waals surface area (Å²) >= 11 is 3.33. The molecule has 3 aromatic heterocycles. The summed E-state index contributed by atoms with van der Waals surface area (Å²) in [5.41, 5.74) is 3.57. The number of nitrogens with zero attached hydrogens (tertiary/aromatic N) is 2. The number of pyridine rings is 1. The Hall–Kier alpha value is -2.64. The summed E-state index contributed by atoms with van der Waals surface area (Å²) in [5, 5.41) is 3.88. The molecule has 26 heavy (non-hydrogen) atoms. The number of rotatable bonds is 5. The normalized spacial score (nSPS) is 11.3. The molecule has 0 saturated carbocycles. The fraction of sp³-hybridized carbons (Fsp3) is 0.158. The van der Waals surface area contributed by atoms with E-state index in [1.807, 2.05) is 41.0 Å². The zero-order chi connectivity index (χ0) is 18.1. The molecule has 1 N–H and O–H groups in total. The smallest absolute Gasteiger partial charge is 0.272 e. The average Bonchev–Trinajstić information content (AvgIpc) is 3.16. The number of amides is 1. The maximum absolute atomic E-state index is 12.9. The summed E-state index contributed by atoms with van der Waals surface area (Å²) in [6.45, 7) is 1.04. The van der Waals surface area contributed by atoms with E-state index in [2.05, 4.69) is 26.2 Å². The molecule has 1 amide bonds. The van der Waals surface area contributed by atoms with Gasteiger partial charge >= 0.3 is 0 Å². The van der Waals surface area contributed by atoms with Crippen molar-refractivity contribution in [3.8, 4) is 0 Å². The van der Waals surface area contributed by atoms with Crippen LogP contribution in [0.1, 0.15) is 10.5 Å². The summed E-state index contributed by atoms with van der Waals surface area (Å²) < 4.78 is 13.3. The van der Waals surface area contributed by atoms with Gasteiger partial charge in [0.15, 0.2) is 10.3 Å². The van der Waals surface area contributed by atoms with E-state index in [-0.39, 0.29) is 5.91 Å². The van der Waals surface area contributed by atoms with Gasteiger partial charge in [0.2, 0.25) is 0 Å². The molecule has 7 heteroatoms. The third-order valence-electron chi connectivity index (χ3n) is 4.21. The minimum absolute atomic E-state index is 0.208. The van der Waals surface area contributed by atoms with Crippen molar-refractivity contribution in [2.75, 3.05) is 19.0 Å². The zero-order valence-corrected chi connectivity index (χ0v) is 15.6. The van der Waals surface area contributed by atoms with Gasteiger partial charge in [0.05, 0.1) is 23.3 Å². The van der Waals surface area contributed by atoms with Crippen molar-refractivity contribution < 1.29 is 13.9 Å². The topological polar surface area (TPSA) is 69.3 Å². The molecule has 0 spiro atoms. The standard InChI is InChI=1S/C19H16BrN3O3/c1-25-9-8-23-15-11-18(20)26-17(15)10-16(23)19(24)22-14-6-2-5-13-12(14)4-3-7-21-13/h2-7,10-11H,8-9H2,1H3,(H,22,24). The van der Waals surface area contributed by atoms with Crippen molar-refractivity contribution in [1.29, 1.82) is 0 Å². The Morgan fingerprint density at radius 2 is 2.19 bits per heavy atom. The molecule has 6 nitrogen and oxygen atoms in total. The monoisotopic (exact) mass is 413 g/mol. The van der Waals surface area contributed by atoms with Crippen LogP contribution in [-0.2, 0) is 11.3 Å². The number of carbonyl (C=O) groups excluding carboxylic acids is 1. The lowest BCUT2D eigenvalue weighted by Gasteiger charge is -2.11. The minimum Gasteiger partial charge on any atom is -0.448 e. The van der Waals surface area contributed by atoms with Crippen LogP contribution in [0.2, 0.25) is 0 Å². The highest BCUT2D eigenvalue weighted by Crippen LogP contribution is 2.28. The molecule has 0 radical (unpaired) electrons. The molecule has 0 atom stereocenters. The second kappa shape index (κ2) is 6.93. The number of ether oxygens (including phenoxy) is 1. The Morgan fingerprint density at radius 3 is 3.04 bits per heavy atom. The van der Waals surface area contributed by atoms with Gasteiger partial charge in [-0.3, -0.25) is 9.78 Å². The molecule has 0 fully saturated rings. The minimum atomic E-state index is -0.208. The lowest BCUT2D eigenvalue weighted by atomic mass is 10.2. The predicted molar refractivity (Wildman–Crippen MR) is 103 cm³/mol. The van der Waals surface area contributed by atoms with Crippen molar-refractivity contribution in [2.45, 2.75) is 6.54 Å². The molecule has 132 valence electrons. The van der Waals surface area contributed by atoms with Crippen LogP contribution in [0, 0.1) is 0 Å². The SMILES string of the molecule is COCCn1c(C(=O)Nc2cccc3ncccc23)cc2oc(Br)cc21. The lowest BCUT2D eigenvalue weighted by Crippen LogP contribution is -2.18. The van der Waals surface area contributed by atoms with Crippen LogP contribution in [0.25, 0.3) is 22.0 Å². The first-order valence-corrected chi connectivity index (χ1v) is 8.89. The van der Waals surface area contributed by atoms with E-state index in [1.165, 1.54) is 0 Å². The fourth-order valence-corrected chi connectivity index (χ4v) is 3.41. The van der Waals surface area contributed by atoms with E-state index in [0.29, 0.717) is 29.1 Å². The fourth-order valence-electron chi connectivity index (χ4n) is 3.02. The number of hydrogen-bond acceptors (Lipinski definition) is 4. The molecule has 0 aliphatic carbocycles. The molecule has 4 aromatic rings. The van der Waals surface area contributed by atoms with Gasteiger partial charge in [-0.05, 0) is 40.2 Å². The number of aromatic nitrogens is 2. The maximum atomic E-state index is 12.9. The maximum Gasteiger partial charge on any atom is 0.272 e. The molecule has 4 rings (SSSR count). The third kappa shape index (κ3) is 3.00. The van der Waals surface area contributed by atoms with Gasteiger partial charge in [0.1, 0.15) is 5.69 Å². The van der Waals surface area contributed by atoms with E-state index in [9.17, 15) is 4.79 Å². The first kappa shape index (κ1) is 16.8. The van der Waals surface area contributed by atoms with Crippen LogP contribution in [0.3, 0.4) is 0 Å². The highest BCUT2D eigenvalue weighted by Gasteiger charge is 2.19. The summed E-state index contributed by atoms with van der Waals surface area (Å²) in [7, 11) is 1.63. The van der Waals surface area contributed by atoms with Crippen LogP contribution in [0.5, 0.6) is 0 Å². The van der Waals surface area contributed by atoms with Crippen LogP contribution < -0.4 is 5.32 Å². The largest absolute Gasteiger partial charge is 0.448 e. The highest BCUT2D eigenvalue weighted by molar-refractivity contribution is 9.10. The molecule has 0 unspecified atom stereocenters. The van der Waals surface area contributed by atoms with Gasteiger partial charge in [0, 0.05) is 37.4 Å². The van der Waals surface area contributed by atoms with Crippen LogP contribution in [0.15, 0.2) is 57.7 Å². The number of carbonyl (C=O) groups is 1. The molecule has 3 heterocycles. The average molecular weight is 414 g/mol. The molecule has 1 aromatic carbocycles. The molecule has 0 aliphatic heterocycles. The van der Waals surface area contributed by atoms with Gasteiger partial charge in [-0.1, -0.05) is 6.07 Å². The van der Waals surface area contributed by atoms with E-state index in [1.54, 1.807) is 19.4 Å². The number of methoxy groups -OCH3 is 1. The van der Waals surface area contributed by atoms with Gasteiger partial charge in [-0.15, -0.1) is 0 Å². The number of fused-ring (bicyclic) bond motifs is 2.